The van der Waals surface area contributed by atoms with Crippen molar-refractivity contribution < 1.29 is 19.2 Å². The topological polar surface area (TPSA) is 81.2 Å². The summed E-state index contributed by atoms with van der Waals surface area (Å²) in [4.78, 5) is 57.4. The molecule has 0 N–H and O–H groups in total. The number of likely N-dealkylation sites (tertiary alicyclic amines) is 1. The van der Waals surface area contributed by atoms with Crippen LogP contribution in [0.1, 0.15) is 52.4 Å². The van der Waals surface area contributed by atoms with E-state index in [2.05, 4.69) is 4.90 Å². The van der Waals surface area contributed by atoms with E-state index in [1.54, 1.807) is 0 Å². The van der Waals surface area contributed by atoms with Gasteiger partial charge in [0.2, 0.25) is 23.6 Å². The van der Waals surface area contributed by atoms with Crippen LogP contribution in [0.3, 0.4) is 0 Å². The van der Waals surface area contributed by atoms with Crippen molar-refractivity contribution in [2.24, 2.45) is 11.8 Å². The SMILES string of the molecule is CCN(CC)C(=O)CN1CCCN(C(=O)CCN2C(=O)C3CCCCC3C2=O)CC1. The molecule has 3 rings (SSSR count). The lowest BCUT2D eigenvalue weighted by atomic mass is 9.81. The third kappa shape index (κ3) is 5.02. The molecule has 2 saturated heterocycles. The van der Waals surface area contributed by atoms with Gasteiger partial charge >= 0.3 is 0 Å². The number of amides is 4. The van der Waals surface area contributed by atoms with Crippen molar-refractivity contribution in [1.82, 2.24) is 19.6 Å². The van der Waals surface area contributed by atoms with E-state index in [4.69, 9.17) is 0 Å². The maximum atomic E-state index is 12.7. The first kappa shape index (κ1) is 22.7. The molecule has 0 bridgehead atoms. The molecule has 3 fully saturated rings. The van der Waals surface area contributed by atoms with Crippen LogP contribution in [0.2, 0.25) is 0 Å². The second-order valence-electron chi connectivity index (χ2n) is 8.65. The van der Waals surface area contributed by atoms with Crippen LogP contribution in [0.25, 0.3) is 0 Å². The second kappa shape index (κ2) is 10.4. The largest absolute Gasteiger partial charge is 0.342 e. The summed E-state index contributed by atoms with van der Waals surface area (Å²) in [6.45, 7) is 8.68. The Balaban J connectivity index is 1.46. The minimum absolute atomic E-state index is 0.0117. The average Bonchev–Trinajstić information content (AvgIpc) is 2.90. The third-order valence-electron chi connectivity index (χ3n) is 6.90. The molecule has 0 aromatic rings. The average molecular weight is 421 g/mol. The van der Waals surface area contributed by atoms with Gasteiger partial charge in [0, 0.05) is 52.2 Å². The fourth-order valence-electron chi connectivity index (χ4n) is 5.06. The van der Waals surface area contributed by atoms with Crippen LogP contribution in [0, 0.1) is 11.8 Å². The first-order valence-electron chi connectivity index (χ1n) is 11.6. The molecule has 8 nitrogen and oxygen atoms in total. The van der Waals surface area contributed by atoms with Crippen LogP contribution in [-0.2, 0) is 19.2 Å². The van der Waals surface area contributed by atoms with Gasteiger partial charge in [-0.3, -0.25) is 29.0 Å². The van der Waals surface area contributed by atoms with Gasteiger partial charge in [-0.15, -0.1) is 0 Å². The van der Waals surface area contributed by atoms with Crippen LogP contribution < -0.4 is 0 Å². The highest BCUT2D eigenvalue weighted by atomic mass is 16.2. The Kier molecular flexibility index (Phi) is 7.86. The Hall–Kier alpha value is -1.96. The highest BCUT2D eigenvalue weighted by molar-refractivity contribution is 6.05. The molecule has 4 amide bonds. The summed E-state index contributed by atoms with van der Waals surface area (Å²) in [6, 6.07) is 0. The molecule has 0 aromatic heterocycles. The third-order valence-corrected chi connectivity index (χ3v) is 6.90. The molecule has 3 aliphatic rings. The van der Waals surface area contributed by atoms with Crippen molar-refractivity contribution in [2.75, 3.05) is 52.4 Å². The zero-order valence-corrected chi connectivity index (χ0v) is 18.5. The highest BCUT2D eigenvalue weighted by Gasteiger charge is 2.47. The van der Waals surface area contributed by atoms with Crippen molar-refractivity contribution >= 4 is 23.6 Å². The molecule has 2 heterocycles. The molecule has 2 aliphatic heterocycles. The Morgan fingerprint density at radius 3 is 2.13 bits per heavy atom. The molecule has 168 valence electrons. The minimum atomic E-state index is -0.156. The van der Waals surface area contributed by atoms with Crippen LogP contribution in [-0.4, -0.2) is 95.6 Å². The predicted octanol–water partition coefficient (Wildman–Crippen LogP) is 0.954. The van der Waals surface area contributed by atoms with Crippen LogP contribution in [0.15, 0.2) is 0 Å². The van der Waals surface area contributed by atoms with Gasteiger partial charge < -0.3 is 9.80 Å². The lowest BCUT2D eigenvalue weighted by Crippen LogP contribution is -2.42. The Labute approximate surface area is 179 Å². The van der Waals surface area contributed by atoms with E-state index in [1.807, 2.05) is 23.6 Å². The number of likely N-dealkylation sites (N-methyl/N-ethyl adjacent to an activating group) is 1. The van der Waals surface area contributed by atoms with Gasteiger partial charge in [-0.05, 0) is 33.1 Å². The van der Waals surface area contributed by atoms with Gasteiger partial charge in [-0.2, -0.15) is 0 Å². The second-order valence-corrected chi connectivity index (χ2v) is 8.65. The number of hydrogen-bond acceptors (Lipinski definition) is 5. The monoisotopic (exact) mass is 420 g/mol. The van der Waals surface area contributed by atoms with Gasteiger partial charge in [0.25, 0.3) is 0 Å². The summed E-state index contributed by atoms with van der Waals surface area (Å²) in [5.74, 6) is -0.341. The normalized spacial score (nSPS) is 25.3. The van der Waals surface area contributed by atoms with E-state index in [9.17, 15) is 19.2 Å². The number of fused-ring (bicyclic) bond motifs is 1. The molecule has 0 aromatic carbocycles. The summed E-state index contributed by atoms with van der Waals surface area (Å²) in [5, 5.41) is 0. The van der Waals surface area contributed by atoms with Crippen LogP contribution in [0.5, 0.6) is 0 Å². The maximum Gasteiger partial charge on any atom is 0.236 e. The molecule has 30 heavy (non-hydrogen) atoms. The van der Waals surface area contributed by atoms with Crippen molar-refractivity contribution in [3.8, 4) is 0 Å². The van der Waals surface area contributed by atoms with Gasteiger partial charge in [-0.25, -0.2) is 0 Å². The molecular weight excluding hydrogens is 384 g/mol. The molecule has 2 atom stereocenters. The fourth-order valence-corrected chi connectivity index (χ4v) is 5.06. The molecule has 2 unspecified atom stereocenters. The summed E-state index contributed by atoms with van der Waals surface area (Å²) in [6.07, 6.45) is 4.63. The van der Waals surface area contributed by atoms with E-state index < -0.39 is 0 Å². The van der Waals surface area contributed by atoms with E-state index in [1.165, 1.54) is 4.90 Å². The first-order valence-corrected chi connectivity index (χ1v) is 11.6. The Morgan fingerprint density at radius 1 is 0.900 bits per heavy atom. The zero-order valence-electron chi connectivity index (χ0n) is 18.5. The molecule has 1 saturated carbocycles. The van der Waals surface area contributed by atoms with Crippen LogP contribution in [0.4, 0.5) is 0 Å². The maximum absolute atomic E-state index is 12.7. The zero-order chi connectivity index (χ0) is 21.7. The van der Waals surface area contributed by atoms with Gasteiger partial charge in [-0.1, -0.05) is 12.8 Å². The number of carbonyl (C=O) groups is 4. The lowest BCUT2D eigenvalue weighted by Gasteiger charge is -2.25. The predicted molar refractivity (Wildman–Crippen MR) is 112 cm³/mol. The molecule has 8 heteroatoms. The highest BCUT2D eigenvalue weighted by Crippen LogP contribution is 2.38. The molecular formula is C22H36N4O4. The Bertz CT molecular complexity index is 640. The van der Waals surface area contributed by atoms with Crippen molar-refractivity contribution in [2.45, 2.75) is 52.4 Å². The van der Waals surface area contributed by atoms with Crippen LogP contribution >= 0.6 is 0 Å². The molecule has 0 spiro atoms. The van der Waals surface area contributed by atoms with Gasteiger partial charge in [0.05, 0.1) is 18.4 Å². The first-order chi connectivity index (χ1) is 14.5. The molecule has 0 radical (unpaired) electrons. The fraction of sp³-hybridized carbons (Fsp3) is 0.818. The summed E-state index contributed by atoms with van der Waals surface area (Å²) in [5.41, 5.74) is 0. The quantitative estimate of drug-likeness (QED) is 0.573. The van der Waals surface area contributed by atoms with Gasteiger partial charge in [0.1, 0.15) is 0 Å². The number of hydrogen-bond donors (Lipinski definition) is 0. The van der Waals surface area contributed by atoms with E-state index in [0.717, 1.165) is 38.6 Å². The van der Waals surface area contributed by atoms with Crippen molar-refractivity contribution in [3.63, 3.8) is 0 Å². The smallest absolute Gasteiger partial charge is 0.236 e. The number of imide groups is 1. The Morgan fingerprint density at radius 2 is 1.53 bits per heavy atom. The summed E-state index contributed by atoms with van der Waals surface area (Å²) in [7, 11) is 0. The number of carbonyl (C=O) groups excluding carboxylic acids is 4. The van der Waals surface area contributed by atoms with E-state index in [-0.39, 0.29) is 48.4 Å². The van der Waals surface area contributed by atoms with E-state index >= 15 is 0 Å². The van der Waals surface area contributed by atoms with Gasteiger partial charge in [0.15, 0.2) is 0 Å². The molecule has 1 aliphatic carbocycles. The number of rotatable bonds is 7. The summed E-state index contributed by atoms with van der Waals surface area (Å²) >= 11 is 0. The standard InChI is InChI=1S/C22H36N4O4/c1-3-24(4-2)20(28)16-23-11-7-12-25(15-14-23)19(27)10-13-26-21(29)17-8-5-6-9-18(17)22(26)30/h17-18H,3-16H2,1-2H3. The number of nitrogens with zero attached hydrogens (tertiary/aromatic N) is 4. The van der Waals surface area contributed by atoms with Crippen molar-refractivity contribution in [3.05, 3.63) is 0 Å². The van der Waals surface area contributed by atoms with E-state index in [0.29, 0.717) is 39.3 Å². The summed E-state index contributed by atoms with van der Waals surface area (Å²) < 4.78 is 0. The van der Waals surface area contributed by atoms with Crippen molar-refractivity contribution in [1.29, 1.82) is 0 Å². The minimum Gasteiger partial charge on any atom is -0.342 e. The lowest BCUT2D eigenvalue weighted by molar-refractivity contribution is -0.141.